The molecule has 0 spiro atoms. The van der Waals surface area contributed by atoms with Gasteiger partial charge in [0.25, 0.3) is 0 Å². The average Bonchev–Trinajstić information content (AvgIpc) is 2.76. The molecule has 96 valence electrons. The molecule has 2 rings (SSSR count). The third-order valence-corrected chi connectivity index (χ3v) is 2.36. The van der Waals surface area contributed by atoms with Gasteiger partial charge in [-0.3, -0.25) is 4.98 Å². The molecule has 0 saturated carbocycles. The Morgan fingerprint density at radius 1 is 1.28 bits per heavy atom. The summed E-state index contributed by atoms with van der Waals surface area (Å²) in [7, 11) is 0. The van der Waals surface area contributed by atoms with E-state index in [4.69, 9.17) is 5.11 Å². The lowest BCUT2D eigenvalue weighted by Crippen LogP contribution is -2.21. The van der Waals surface area contributed by atoms with E-state index >= 15 is 0 Å². The van der Waals surface area contributed by atoms with E-state index in [1.165, 1.54) is 6.20 Å². The van der Waals surface area contributed by atoms with Crippen LogP contribution in [-0.2, 0) is 6.42 Å². The van der Waals surface area contributed by atoms with Gasteiger partial charge >= 0.3 is 6.18 Å². The van der Waals surface area contributed by atoms with Crippen LogP contribution < -0.4 is 0 Å². The Morgan fingerprint density at radius 2 is 1.94 bits per heavy atom. The molecule has 1 atom stereocenters. The third-order valence-electron chi connectivity index (χ3n) is 2.36. The first kappa shape index (κ1) is 12.6. The van der Waals surface area contributed by atoms with Gasteiger partial charge in [-0.2, -0.15) is 13.2 Å². The van der Waals surface area contributed by atoms with E-state index in [-0.39, 0.29) is 0 Å². The zero-order valence-corrected chi connectivity index (χ0v) is 9.15. The maximum absolute atomic E-state index is 12.3. The number of pyridine rings is 1. The predicted octanol–water partition coefficient (Wildman–Crippen LogP) is 1.99. The number of aliphatic hydroxyl groups excluding tert-OH is 1. The van der Waals surface area contributed by atoms with Crippen molar-refractivity contribution in [3.8, 4) is 0 Å². The quantitative estimate of drug-likeness (QED) is 0.883. The lowest BCUT2D eigenvalue weighted by molar-refractivity contribution is -0.209. The average molecular weight is 257 g/mol. The Bertz CT molecular complexity index is 510. The molecule has 0 fully saturated rings. The number of nitrogens with one attached hydrogen (secondary N) is 1. The maximum Gasteiger partial charge on any atom is 0.421 e. The number of hydrogen-bond acceptors (Lipinski definition) is 3. The van der Waals surface area contributed by atoms with Gasteiger partial charge in [-0.25, -0.2) is 4.98 Å². The van der Waals surface area contributed by atoms with Gasteiger partial charge in [-0.05, 0) is 17.7 Å². The van der Waals surface area contributed by atoms with Gasteiger partial charge in [-0.1, -0.05) is 0 Å². The number of hydrogen-bond donors (Lipinski definition) is 2. The van der Waals surface area contributed by atoms with Crippen molar-refractivity contribution in [2.45, 2.75) is 18.7 Å². The van der Waals surface area contributed by atoms with Crippen molar-refractivity contribution in [3.63, 3.8) is 0 Å². The standard InChI is InChI=1S/C11H10F3N3O/c12-11(13,14)9(18)10-16-6-8(17-10)5-7-1-3-15-4-2-7/h1-4,6,9,18H,5H2,(H,16,17). The minimum absolute atomic E-state index is 0.403. The molecule has 18 heavy (non-hydrogen) atoms. The summed E-state index contributed by atoms with van der Waals surface area (Å²) in [5.74, 6) is -0.494. The van der Waals surface area contributed by atoms with Crippen molar-refractivity contribution < 1.29 is 18.3 Å². The van der Waals surface area contributed by atoms with Gasteiger partial charge in [0.2, 0.25) is 6.10 Å². The number of aliphatic hydroxyl groups is 1. The number of rotatable bonds is 3. The SMILES string of the molecule is OC(c1ncc(Cc2ccncc2)[nH]1)C(F)(F)F. The summed E-state index contributed by atoms with van der Waals surface area (Å²) < 4.78 is 36.8. The second-order valence-corrected chi connectivity index (χ2v) is 3.77. The molecule has 0 aliphatic carbocycles. The summed E-state index contributed by atoms with van der Waals surface area (Å²) in [4.78, 5) is 9.84. The van der Waals surface area contributed by atoms with Crippen LogP contribution in [0.1, 0.15) is 23.2 Å². The summed E-state index contributed by atoms with van der Waals surface area (Å²) in [5.41, 5.74) is 1.39. The molecule has 1 unspecified atom stereocenters. The number of aromatic amines is 1. The molecule has 0 radical (unpaired) electrons. The van der Waals surface area contributed by atoms with Crippen LogP contribution in [0.4, 0.5) is 13.2 Å². The van der Waals surface area contributed by atoms with Gasteiger partial charge in [0, 0.05) is 30.7 Å². The van der Waals surface area contributed by atoms with Crippen LogP contribution >= 0.6 is 0 Å². The third kappa shape index (κ3) is 2.86. The Hall–Kier alpha value is -1.89. The first-order valence-corrected chi connectivity index (χ1v) is 5.14. The van der Waals surface area contributed by atoms with Gasteiger partial charge in [0.05, 0.1) is 0 Å². The highest BCUT2D eigenvalue weighted by Gasteiger charge is 2.41. The number of nitrogens with zero attached hydrogens (tertiary/aromatic N) is 2. The molecular weight excluding hydrogens is 247 g/mol. The van der Waals surface area contributed by atoms with E-state index in [1.54, 1.807) is 24.5 Å². The molecule has 2 aromatic rings. The van der Waals surface area contributed by atoms with Crippen molar-refractivity contribution in [2.24, 2.45) is 0 Å². The molecule has 0 bridgehead atoms. The van der Waals surface area contributed by atoms with Crippen molar-refractivity contribution in [1.29, 1.82) is 0 Å². The molecule has 2 N–H and O–H groups in total. The van der Waals surface area contributed by atoms with E-state index in [2.05, 4.69) is 15.0 Å². The molecule has 0 aliphatic heterocycles. The Morgan fingerprint density at radius 3 is 2.56 bits per heavy atom. The highest BCUT2D eigenvalue weighted by atomic mass is 19.4. The number of aromatic nitrogens is 3. The van der Waals surface area contributed by atoms with Crippen LogP contribution in [0, 0.1) is 0 Å². The summed E-state index contributed by atoms with van der Waals surface area (Å²) in [6.45, 7) is 0. The Kier molecular flexibility index (Phi) is 3.33. The van der Waals surface area contributed by atoms with E-state index in [9.17, 15) is 13.2 Å². The molecule has 4 nitrogen and oxygen atoms in total. The molecule has 2 heterocycles. The zero-order chi connectivity index (χ0) is 13.2. The number of H-pyrrole nitrogens is 1. The van der Waals surface area contributed by atoms with Crippen LogP contribution in [0.5, 0.6) is 0 Å². The summed E-state index contributed by atoms with van der Waals surface area (Å²) >= 11 is 0. The van der Waals surface area contributed by atoms with Crippen LogP contribution in [0.15, 0.2) is 30.7 Å². The summed E-state index contributed by atoms with van der Waals surface area (Å²) in [6, 6.07) is 3.50. The molecule has 0 aromatic carbocycles. The second kappa shape index (κ2) is 4.77. The first-order chi connectivity index (χ1) is 8.47. The molecular formula is C11H10F3N3O. The predicted molar refractivity (Wildman–Crippen MR) is 56.6 cm³/mol. The van der Waals surface area contributed by atoms with Crippen LogP contribution in [0.3, 0.4) is 0 Å². The second-order valence-electron chi connectivity index (χ2n) is 3.77. The minimum Gasteiger partial charge on any atom is -0.377 e. The topological polar surface area (TPSA) is 61.8 Å². The normalized spacial score (nSPS) is 13.6. The van der Waals surface area contributed by atoms with Crippen LogP contribution in [0.2, 0.25) is 0 Å². The van der Waals surface area contributed by atoms with Crippen LogP contribution in [-0.4, -0.2) is 26.2 Å². The molecule has 2 aromatic heterocycles. The van der Waals surface area contributed by atoms with Crippen LogP contribution in [0.25, 0.3) is 0 Å². The lowest BCUT2D eigenvalue weighted by atomic mass is 10.1. The highest BCUT2D eigenvalue weighted by molar-refractivity contribution is 5.18. The zero-order valence-electron chi connectivity index (χ0n) is 9.15. The minimum atomic E-state index is -4.72. The van der Waals surface area contributed by atoms with Gasteiger partial charge in [-0.15, -0.1) is 0 Å². The fourth-order valence-corrected chi connectivity index (χ4v) is 1.48. The molecule has 0 amide bonds. The van der Waals surface area contributed by atoms with E-state index in [0.29, 0.717) is 12.1 Å². The van der Waals surface area contributed by atoms with Gasteiger partial charge in [0.15, 0.2) is 0 Å². The van der Waals surface area contributed by atoms with Gasteiger partial charge < -0.3 is 10.1 Å². The Labute approximate surface area is 101 Å². The van der Waals surface area contributed by atoms with Crippen molar-refractivity contribution >= 4 is 0 Å². The van der Waals surface area contributed by atoms with E-state index < -0.39 is 18.1 Å². The van der Waals surface area contributed by atoms with Gasteiger partial charge in [0.1, 0.15) is 5.82 Å². The molecule has 0 saturated heterocycles. The van der Waals surface area contributed by atoms with E-state index in [1.807, 2.05) is 0 Å². The number of imidazole rings is 1. The highest BCUT2D eigenvalue weighted by Crippen LogP contribution is 2.30. The largest absolute Gasteiger partial charge is 0.421 e. The fourth-order valence-electron chi connectivity index (χ4n) is 1.48. The molecule has 0 aliphatic rings. The maximum atomic E-state index is 12.3. The van der Waals surface area contributed by atoms with Crippen molar-refractivity contribution in [1.82, 2.24) is 15.0 Å². The van der Waals surface area contributed by atoms with Crippen molar-refractivity contribution in [3.05, 3.63) is 47.8 Å². The smallest absolute Gasteiger partial charge is 0.377 e. The number of halogens is 3. The summed E-state index contributed by atoms with van der Waals surface area (Å²) in [5, 5.41) is 9.01. The fraction of sp³-hybridized carbons (Fsp3) is 0.273. The lowest BCUT2D eigenvalue weighted by Gasteiger charge is -2.11. The molecule has 7 heteroatoms. The number of alkyl halides is 3. The monoisotopic (exact) mass is 257 g/mol. The van der Waals surface area contributed by atoms with E-state index in [0.717, 1.165) is 5.56 Å². The first-order valence-electron chi connectivity index (χ1n) is 5.14. The van der Waals surface area contributed by atoms with Crippen molar-refractivity contribution in [2.75, 3.05) is 0 Å². The summed E-state index contributed by atoms with van der Waals surface area (Å²) in [6.07, 6.45) is -2.42. The Balaban J connectivity index is 2.12.